The van der Waals surface area contributed by atoms with Gasteiger partial charge in [0, 0.05) is 43.4 Å². The van der Waals surface area contributed by atoms with E-state index in [0.717, 1.165) is 37.4 Å². The summed E-state index contributed by atoms with van der Waals surface area (Å²) >= 11 is 0. The number of anilines is 1. The summed E-state index contributed by atoms with van der Waals surface area (Å²) < 4.78 is 5.20. The molecule has 1 N–H and O–H groups in total. The molecule has 1 atom stereocenters. The number of methoxy groups -OCH3 is 1. The zero-order valence-electron chi connectivity index (χ0n) is 15.9. The van der Waals surface area contributed by atoms with Crippen LogP contribution in [0.3, 0.4) is 0 Å². The van der Waals surface area contributed by atoms with Gasteiger partial charge >= 0.3 is 0 Å². The lowest BCUT2D eigenvalue weighted by Crippen LogP contribution is -2.35. The van der Waals surface area contributed by atoms with Gasteiger partial charge < -0.3 is 9.64 Å². The van der Waals surface area contributed by atoms with Crippen molar-refractivity contribution < 1.29 is 4.74 Å². The SMILES string of the molecule is COCc1cc(N2CCC[C@@H](c3[nH]ncc3-c3ccc(C)cc3)C2)ncn1. The number of hydrogen-bond acceptors (Lipinski definition) is 5. The van der Waals surface area contributed by atoms with Crippen molar-refractivity contribution in [1.82, 2.24) is 20.2 Å². The van der Waals surface area contributed by atoms with Gasteiger partial charge in [-0.1, -0.05) is 29.8 Å². The van der Waals surface area contributed by atoms with Crippen LogP contribution in [0.25, 0.3) is 11.1 Å². The Kier molecular flexibility index (Phi) is 5.16. The molecule has 3 aromatic rings. The van der Waals surface area contributed by atoms with Crippen molar-refractivity contribution in [2.75, 3.05) is 25.1 Å². The van der Waals surface area contributed by atoms with E-state index in [2.05, 4.69) is 56.3 Å². The van der Waals surface area contributed by atoms with Gasteiger partial charge in [-0.25, -0.2) is 9.97 Å². The van der Waals surface area contributed by atoms with Gasteiger partial charge in [-0.3, -0.25) is 5.10 Å². The smallest absolute Gasteiger partial charge is 0.132 e. The number of nitrogens with one attached hydrogen (secondary N) is 1. The number of hydrogen-bond donors (Lipinski definition) is 1. The van der Waals surface area contributed by atoms with Crippen LogP contribution in [-0.4, -0.2) is 40.4 Å². The monoisotopic (exact) mass is 363 g/mol. The fourth-order valence-corrected chi connectivity index (χ4v) is 3.78. The molecule has 0 bridgehead atoms. The van der Waals surface area contributed by atoms with E-state index >= 15 is 0 Å². The molecule has 6 nitrogen and oxygen atoms in total. The minimum absolute atomic E-state index is 0.401. The normalized spacial score (nSPS) is 17.3. The molecule has 1 aliphatic heterocycles. The van der Waals surface area contributed by atoms with Gasteiger partial charge in [0.2, 0.25) is 0 Å². The molecule has 3 heterocycles. The summed E-state index contributed by atoms with van der Waals surface area (Å²) in [6.07, 6.45) is 5.84. The zero-order chi connectivity index (χ0) is 18.6. The molecule has 140 valence electrons. The molecule has 1 aromatic carbocycles. The van der Waals surface area contributed by atoms with E-state index in [1.165, 1.54) is 22.4 Å². The van der Waals surface area contributed by atoms with Gasteiger partial charge in [0.1, 0.15) is 12.1 Å². The highest BCUT2D eigenvalue weighted by Crippen LogP contribution is 2.34. The molecule has 1 fully saturated rings. The van der Waals surface area contributed by atoms with Crippen molar-refractivity contribution in [1.29, 1.82) is 0 Å². The molecule has 0 aliphatic carbocycles. The Morgan fingerprint density at radius 2 is 2.07 bits per heavy atom. The third-order valence-electron chi connectivity index (χ3n) is 5.19. The third-order valence-corrected chi connectivity index (χ3v) is 5.19. The van der Waals surface area contributed by atoms with E-state index in [1.54, 1.807) is 13.4 Å². The molecule has 27 heavy (non-hydrogen) atoms. The van der Waals surface area contributed by atoms with Gasteiger partial charge in [-0.05, 0) is 25.3 Å². The van der Waals surface area contributed by atoms with Crippen molar-refractivity contribution in [3.8, 4) is 11.1 Å². The number of nitrogens with zero attached hydrogens (tertiary/aromatic N) is 4. The summed E-state index contributed by atoms with van der Waals surface area (Å²) in [5.74, 6) is 1.37. The van der Waals surface area contributed by atoms with Gasteiger partial charge in [0.05, 0.1) is 18.5 Å². The van der Waals surface area contributed by atoms with Crippen LogP contribution in [0.15, 0.2) is 42.9 Å². The predicted octanol–water partition coefficient (Wildman–Crippen LogP) is 3.71. The Morgan fingerprint density at radius 1 is 1.22 bits per heavy atom. The highest BCUT2D eigenvalue weighted by molar-refractivity contribution is 5.66. The van der Waals surface area contributed by atoms with Gasteiger partial charge in [-0.15, -0.1) is 0 Å². The second-order valence-corrected chi connectivity index (χ2v) is 7.15. The molecular weight excluding hydrogens is 338 g/mol. The molecule has 0 saturated carbocycles. The van der Waals surface area contributed by atoms with Gasteiger partial charge in [0.25, 0.3) is 0 Å². The molecule has 1 aliphatic rings. The maximum absolute atomic E-state index is 5.20. The summed E-state index contributed by atoms with van der Waals surface area (Å²) in [5, 5.41) is 7.61. The van der Waals surface area contributed by atoms with Gasteiger partial charge in [-0.2, -0.15) is 5.10 Å². The minimum atomic E-state index is 0.401. The number of rotatable bonds is 5. The van der Waals surface area contributed by atoms with Crippen molar-refractivity contribution in [3.63, 3.8) is 0 Å². The first-order valence-corrected chi connectivity index (χ1v) is 9.39. The Labute approximate surface area is 159 Å². The predicted molar refractivity (Wildman–Crippen MR) is 106 cm³/mol. The summed E-state index contributed by atoms with van der Waals surface area (Å²) in [5.41, 5.74) is 5.81. The standard InChI is InChI=1S/C21H25N5O/c1-15-5-7-16(8-6-15)19-11-24-25-21(19)17-4-3-9-26(12-17)20-10-18(13-27-2)22-14-23-20/h5-8,10-11,14,17H,3-4,9,12-13H2,1-2H3,(H,24,25)/t17-/m1/s1. The molecule has 4 rings (SSSR count). The number of piperidine rings is 1. The number of ether oxygens (including phenoxy) is 1. The van der Waals surface area contributed by atoms with Crippen LogP contribution in [0.2, 0.25) is 0 Å². The van der Waals surface area contributed by atoms with E-state index in [1.807, 2.05) is 12.3 Å². The van der Waals surface area contributed by atoms with Crippen LogP contribution in [0.5, 0.6) is 0 Å². The number of aromatic amines is 1. The molecule has 0 spiro atoms. The van der Waals surface area contributed by atoms with E-state index in [-0.39, 0.29) is 0 Å². The van der Waals surface area contributed by atoms with E-state index in [0.29, 0.717) is 12.5 Å². The lowest BCUT2D eigenvalue weighted by atomic mass is 9.90. The Hall–Kier alpha value is -2.73. The summed E-state index contributed by atoms with van der Waals surface area (Å²) in [6.45, 7) is 4.54. The average molecular weight is 363 g/mol. The summed E-state index contributed by atoms with van der Waals surface area (Å²) in [7, 11) is 1.68. The Balaban J connectivity index is 1.57. The van der Waals surface area contributed by atoms with Crippen LogP contribution < -0.4 is 4.90 Å². The van der Waals surface area contributed by atoms with Crippen LogP contribution in [0, 0.1) is 6.92 Å². The molecule has 6 heteroatoms. The summed E-state index contributed by atoms with van der Waals surface area (Å²) in [6, 6.07) is 10.7. The summed E-state index contributed by atoms with van der Waals surface area (Å²) in [4.78, 5) is 11.1. The molecule has 1 saturated heterocycles. The highest BCUT2D eigenvalue weighted by atomic mass is 16.5. The first-order valence-electron chi connectivity index (χ1n) is 9.39. The second kappa shape index (κ2) is 7.88. The molecule has 2 aromatic heterocycles. The van der Waals surface area contributed by atoms with Gasteiger partial charge in [0.15, 0.2) is 0 Å². The average Bonchev–Trinajstić information content (AvgIpc) is 3.19. The van der Waals surface area contributed by atoms with E-state index in [4.69, 9.17) is 4.74 Å². The minimum Gasteiger partial charge on any atom is -0.378 e. The first kappa shape index (κ1) is 17.7. The number of benzene rings is 1. The largest absolute Gasteiger partial charge is 0.378 e. The molecule has 0 amide bonds. The van der Waals surface area contributed by atoms with Crippen LogP contribution in [0.1, 0.15) is 35.7 Å². The number of aryl methyl sites for hydroxylation is 1. The highest BCUT2D eigenvalue weighted by Gasteiger charge is 2.26. The second-order valence-electron chi connectivity index (χ2n) is 7.15. The van der Waals surface area contributed by atoms with E-state index < -0.39 is 0 Å². The third kappa shape index (κ3) is 3.85. The van der Waals surface area contributed by atoms with Crippen LogP contribution >= 0.6 is 0 Å². The molecule has 0 radical (unpaired) electrons. The zero-order valence-corrected chi connectivity index (χ0v) is 15.9. The Bertz CT molecular complexity index is 890. The lowest BCUT2D eigenvalue weighted by Gasteiger charge is -2.33. The fourth-order valence-electron chi connectivity index (χ4n) is 3.78. The van der Waals surface area contributed by atoms with E-state index in [9.17, 15) is 0 Å². The van der Waals surface area contributed by atoms with Crippen molar-refractivity contribution in [2.24, 2.45) is 0 Å². The first-order chi connectivity index (χ1) is 13.2. The maximum atomic E-state index is 5.20. The number of H-pyrrole nitrogens is 1. The van der Waals surface area contributed by atoms with Crippen molar-refractivity contribution in [3.05, 3.63) is 59.8 Å². The van der Waals surface area contributed by atoms with Crippen LogP contribution in [-0.2, 0) is 11.3 Å². The van der Waals surface area contributed by atoms with Crippen LogP contribution in [0.4, 0.5) is 5.82 Å². The quantitative estimate of drug-likeness (QED) is 0.748. The number of aromatic nitrogens is 4. The molecule has 0 unspecified atom stereocenters. The maximum Gasteiger partial charge on any atom is 0.132 e. The van der Waals surface area contributed by atoms with Crippen molar-refractivity contribution >= 4 is 5.82 Å². The lowest BCUT2D eigenvalue weighted by molar-refractivity contribution is 0.181. The van der Waals surface area contributed by atoms with Crippen molar-refractivity contribution in [2.45, 2.75) is 32.3 Å². The fraction of sp³-hybridized carbons (Fsp3) is 0.381. The molecular formula is C21H25N5O. The Morgan fingerprint density at radius 3 is 2.89 bits per heavy atom. The topological polar surface area (TPSA) is 66.9 Å².